The predicted octanol–water partition coefficient (Wildman–Crippen LogP) is 5.71. The van der Waals surface area contributed by atoms with E-state index in [0.29, 0.717) is 29.2 Å². The Hall–Kier alpha value is -3.11. The zero-order valence-electron chi connectivity index (χ0n) is 22.7. The van der Waals surface area contributed by atoms with Gasteiger partial charge in [0.05, 0.1) is 12.3 Å². The summed E-state index contributed by atoms with van der Waals surface area (Å²) >= 11 is 0. The Labute approximate surface area is 219 Å². The van der Waals surface area contributed by atoms with E-state index in [1.807, 2.05) is 25.4 Å². The number of anilines is 1. The van der Waals surface area contributed by atoms with Crippen LogP contribution in [0.1, 0.15) is 44.9 Å². The fraction of sp³-hybridized carbons (Fsp3) is 0.481. The summed E-state index contributed by atoms with van der Waals surface area (Å²) in [6, 6.07) is 7.32. The highest BCUT2D eigenvalue weighted by molar-refractivity contribution is 6.74. The number of oxime groups is 1. The molecule has 1 aliphatic heterocycles. The second kappa shape index (κ2) is 11.1. The van der Waals surface area contributed by atoms with E-state index >= 15 is 4.39 Å². The van der Waals surface area contributed by atoms with Gasteiger partial charge >= 0.3 is 0 Å². The molecule has 0 saturated carbocycles. The highest BCUT2D eigenvalue weighted by atomic mass is 28.4. The molecule has 0 unspecified atom stereocenters. The second-order valence-corrected chi connectivity index (χ2v) is 15.8. The van der Waals surface area contributed by atoms with Crippen LogP contribution in [0.2, 0.25) is 18.1 Å². The van der Waals surface area contributed by atoms with Crippen LogP contribution in [0.25, 0.3) is 11.1 Å². The third-order valence-corrected chi connectivity index (χ3v) is 11.7. The van der Waals surface area contributed by atoms with Crippen LogP contribution in [-0.4, -0.2) is 46.9 Å². The fourth-order valence-electron chi connectivity index (χ4n) is 3.80. The molecule has 3 heterocycles. The first-order valence-electron chi connectivity index (χ1n) is 12.7. The SMILES string of the molecule is Cn1ccc(CON=C2CCN(c3ncc(-c4cccc(CO[Si](C)(C)C(C)(C)C)c4F)cn3)CC2)n1. The van der Waals surface area contributed by atoms with Gasteiger partial charge in [-0.15, -0.1) is 0 Å². The first kappa shape index (κ1) is 26.9. The summed E-state index contributed by atoms with van der Waals surface area (Å²) in [5, 5.41) is 8.63. The molecule has 0 atom stereocenters. The van der Waals surface area contributed by atoms with Crippen LogP contribution in [0.15, 0.2) is 48.0 Å². The highest BCUT2D eigenvalue weighted by Crippen LogP contribution is 2.37. The summed E-state index contributed by atoms with van der Waals surface area (Å²) in [5.41, 5.74) is 3.56. The lowest BCUT2D eigenvalue weighted by molar-refractivity contribution is 0.126. The molecule has 1 fully saturated rings. The number of rotatable bonds is 8. The third kappa shape index (κ3) is 6.61. The first-order valence-corrected chi connectivity index (χ1v) is 15.6. The number of nitrogens with zero attached hydrogens (tertiary/aromatic N) is 6. The zero-order chi connectivity index (χ0) is 26.6. The van der Waals surface area contributed by atoms with Gasteiger partial charge in [-0.1, -0.05) is 44.1 Å². The normalized spacial score (nSPS) is 14.7. The highest BCUT2D eigenvalue weighted by Gasteiger charge is 2.37. The molecule has 2 aromatic heterocycles. The first-order chi connectivity index (χ1) is 17.5. The van der Waals surface area contributed by atoms with Crippen molar-refractivity contribution in [1.82, 2.24) is 19.7 Å². The lowest BCUT2D eigenvalue weighted by atomic mass is 10.1. The van der Waals surface area contributed by atoms with Gasteiger partial charge in [0.2, 0.25) is 5.95 Å². The van der Waals surface area contributed by atoms with Crippen LogP contribution < -0.4 is 4.90 Å². The smallest absolute Gasteiger partial charge is 0.225 e. The minimum atomic E-state index is -1.98. The van der Waals surface area contributed by atoms with Crippen LogP contribution >= 0.6 is 0 Å². The molecule has 0 aliphatic carbocycles. The van der Waals surface area contributed by atoms with E-state index in [-0.39, 0.29) is 17.5 Å². The van der Waals surface area contributed by atoms with Gasteiger partial charge in [-0.2, -0.15) is 5.10 Å². The molecule has 0 spiro atoms. The number of piperidine rings is 1. The summed E-state index contributed by atoms with van der Waals surface area (Å²) in [4.78, 5) is 16.7. The standard InChI is InChI=1S/C27H37FN6O2Si/c1-27(2,3)37(5,6)36-18-20-8-7-9-24(25(20)28)21-16-29-26(30-17-21)34-14-11-22(12-15-34)32-35-19-23-10-13-33(4)31-23/h7-10,13,16-17H,11-12,14-15,18-19H2,1-6H3. The fourth-order valence-corrected chi connectivity index (χ4v) is 4.75. The Kier molecular flexibility index (Phi) is 8.08. The molecular formula is C27H37FN6O2Si. The summed E-state index contributed by atoms with van der Waals surface area (Å²) in [7, 11) is -0.104. The Morgan fingerprint density at radius 1 is 1.05 bits per heavy atom. The molecule has 0 N–H and O–H groups in total. The van der Waals surface area contributed by atoms with Crippen molar-refractivity contribution < 1.29 is 13.7 Å². The van der Waals surface area contributed by atoms with E-state index in [9.17, 15) is 0 Å². The lowest BCUT2D eigenvalue weighted by Gasteiger charge is -2.36. The van der Waals surface area contributed by atoms with Gasteiger partial charge in [0, 0.05) is 68.3 Å². The molecule has 8 nitrogen and oxygen atoms in total. The number of aryl methyl sites for hydroxylation is 1. The largest absolute Gasteiger partial charge is 0.412 e. The molecule has 0 bridgehead atoms. The Bertz CT molecular complexity index is 1230. The number of aromatic nitrogens is 4. The average Bonchev–Trinajstić information content (AvgIpc) is 3.28. The summed E-state index contributed by atoms with van der Waals surface area (Å²) in [5.74, 6) is 0.358. The maximum Gasteiger partial charge on any atom is 0.225 e. The van der Waals surface area contributed by atoms with Crippen LogP contribution in [0.4, 0.5) is 10.3 Å². The van der Waals surface area contributed by atoms with Crippen molar-refractivity contribution in [2.45, 2.75) is 65.0 Å². The van der Waals surface area contributed by atoms with Crippen molar-refractivity contribution in [3.05, 3.63) is 59.9 Å². The molecule has 0 radical (unpaired) electrons. The predicted molar refractivity (Wildman–Crippen MR) is 146 cm³/mol. The van der Waals surface area contributed by atoms with E-state index in [4.69, 9.17) is 9.26 Å². The second-order valence-electron chi connectivity index (χ2n) is 11.0. The maximum absolute atomic E-state index is 15.4. The Morgan fingerprint density at radius 3 is 2.38 bits per heavy atom. The zero-order valence-corrected chi connectivity index (χ0v) is 23.7. The number of hydrogen-bond acceptors (Lipinski definition) is 7. The van der Waals surface area contributed by atoms with Crippen LogP contribution in [-0.2, 0) is 29.5 Å². The summed E-state index contributed by atoms with van der Waals surface area (Å²) in [6.07, 6.45) is 6.82. The minimum Gasteiger partial charge on any atom is -0.412 e. The van der Waals surface area contributed by atoms with Crippen molar-refractivity contribution in [2.75, 3.05) is 18.0 Å². The Balaban J connectivity index is 1.35. The van der Waals surface area contributed by atoms with Crippen LogP contribution in [0.3, 0.4) is 0 Å². The molecule has 37 heavy (non-hydrogen) atoms. The van der Waals surface area contributed by atoms with Crippen molar-refractivity contribution in [1.29, 1.82) is 0 Å². The van der Waals surface area contributed by atoms with Gasteiger partial charge in [0.25, 0.3) is 0 Å². The molecule has 3 aromatic rings. The van der Waals surface area contributed by atoms with Gasteiger partial charge in [0.15, 0.2) is 14.9 Å². The van der Waals surface area contributed by atoms with Gasteiger partial charge in [-0.25, -0.2) is 14.4 Å². The monoisotopic (exact) mass is 524 g/mol. The van der Waals surface area contributed by atoms with E-state index in [1.54, 1.807) is 29.2 Å². The minimum absolute atomic E-state index is 0.0679. The van der Waals surface area contributed by atoms with E-state index in [2.05, 4.69) is 59.0 Å². The summed E-state index contributed by atoms with van der Waals surface area (Å²) < 4.78 is 23.4. The van der Waals surface area contributed by atoms with Gasteiger partial charge in [0.1, 0.15) is 11.5 Å². The third-order valence-electron chi connectivity index (χ3n) is 7.22. The van der Waals surface area contributed by atoms with Crippen molar-refractivity contribution in [3.8, 4) is 11.1 Å². The molecule has 10 heteroatoms. The van der Waals surface area contributed by atoms with Gasteiger partial charge < -0.3 is 14.2 Å². The van der Waals surface area contributed by atoms with Crippen molar-refractivity contribution in [2.24, 2.45) is 12.2 Å². The quantitative estimate of drug-likeness (QED) is 0.277. The van der Waals surface area contributed by atoms with Gasteiger partial charge in [-0.05, 0) is 24.2 Å². The van der Waals surface area contributed by atoms with E-state index in [0.717, 1.165) is 37.3 Å². The van der Waals surface area contributed by atoms with Crippen molar-refractivity contribution in [3.63, 3.8) is 0 Å². The number of hydrogen-bond donors (Lipinski definition) is 0. The molecule has 198 valence electrons. The maximum atomic E-state index is 15.4. The Morgan fingerprint density at radius 2 is 1.76 bits per heavy atom. The number of benzene rings is 1. The number of halogens is 1. The van der Waals surface area contributed by atoms with E-state index in [1.165, 1.54) is 0 Å². The average molecular weight is 525 g/mol. The molecule has 0 amide bonds. The molecule has 1 aromatic carbocycles. The topological polar surface area (TPSA) is 77.7 Å². The van der Waals surface area contributed by atoms with Crippen LogP contribution in [0.5, 0.6) is 0 Å². The molecule has 1 saturated heterocycles. The van der Waals surface area contributed by atoms with Crippen molar-refractivity contribution >= 4 is 20.0 Å². The molecule has 1 aliphatic rings. The molecular weight excluding hydrogens is 487 g/mol. The van der Waals surface area contributed by atoms with Gasteiger partial charge in [-0.3, -0.25) is 4.68 Å². The van der Waals surface area contributed by atoms with Crippen LogP contribution in [0, 0.1) is 5.82 Å². The molecule has 4 rings (SSSR count). The summed E-state index contributed by atoms with van der Waals surface area (Å²) in [6.45, 7) is 13.0. The lowest BCUT2D eigenvalue weighted by Crippen LogP contribution is -2.40. The van der Waals surface area contributed by atoms with E-state index < -0.39 is 8.32 Å².